The smallest absolute Gasteiger partial charge is 0.141 e. The number of nitrogens with two attached hydrogens (primary N) is 1. The van der Waals surface area contributed by atoms with Gasteiger partial charge < -0.3 is 10.5 Å². The monoisotopic (exact) mass is 259 g/mol. The Balaban J connectivity index is 2.97. The molecule has 96 valence electrons. The van der Waals surface area contributed by atoms with Crippen LogP contribution in [0.25, 0.3) is 0 Å². The Morgan fingerprint density at radius 3 is 2.71 bits per heavy atom. The highest BCUT2D eigenvalue weighted by atomic mass is 35.5. The molecule has 1 unspecified atom stereocenters. The average Bonchev–Trinajstić information content (AvgIpc) is 2.27. The molecule has 17 heavy (non-hydrogen) atoms. The summed E-state index contributed by atoms with van der Waals surface area (Å²) in [6.45, 7) is 4.58. The van der Waals surface area contributed by atoms with E-state index in [1.807, 2.05) is 13.8 Å². The molecule has 1 aromatic carbocycles. The van der Waals surface area contributed by atoms with Gasteiger partial charge in [0.1, 0.15) is 11.6 Å². The van der Waals surface area contributed by atoms with Crippen LogP contribution in [0.1, 0.15) is 32.3 Å². The minimum atomic E-state index is -0.350. The first-order valence-corrected chi connectivity index (χ1v) is 6.32. The van der Waals surface area contributed by atoms with Gasteiger partial charge in [-0.1, -0.05) is 25.4 Å². The van der Waals surface area contributed by atoms with Gasteiger partial charge in [-0.2, -0.15) is 0 Å². The maximum Gasteiger partial charge on any atom is 0.141 e. The SMILES string of the molecule is CCCOc1c(Cl)cc(F)cc1CC(N)CC. The third-order valence-corrected chi connectivity index (χ3v) is 2.82. The van der Waals surface area contributed by atoms with Crippen molar-refractivity contribution >= 4 is 11.6 Å². The molecule has 0 bridgehead atoms. The number of halogens is 2. The predicted octanol–water partition coefficient (Wildman–Crippen LogP) is 3.55. The molecule has 0 heterocycles. The molecular formula is C13H19ClFNO. The summed E-state index contributed by atoms with van der Waals surface area (Å²) >= 11 is 5.99. The van der Waals surface area contributed by atoms with Crippen molar-refractivity contribution in [2.75, 3.05) is 6.61 Å². The van der Waals surface area contributed by atoms with Gasteiger partial charge in [0.25, 0.3) is 0 Å². The van der Waals surface area contributed by atoms with E-state index in [0.717, 1.165) is 18.4 Å². The van der Waals surface area contributed by atoms with Gasteiger partial charge >= 0.3 is 0 Å². The fourth-order valence-corrected chi connectivity index (χ4v) is 1.84. The van der Waals surface area contributed by atoms with Crippen LogP contribution < -0.4 is 10.5 Å². The molecule has 0 aromatic heterocycles. The molecule has 0 saturated carbocycles. The van der Waals surface area contributed by atoms with Crippen molar-refractivity contribution in [3.63, 3.8) is 0 Å². The standard InChI is InChI=1S/C13H19ClFNO/c1-3-5-17-13-9(7-11(16)4-2)6-10(15)8-12(13)14/h6,8,11H,3-5,7,16H2,1-2H3. The van der Waals surface area contributed by atoms with Gasteiger partial charge in [-0.05, 0) is 31.4 Å². The third-order valence-electron chi connectivity index (χ3n) is 2.54. The summed E-state index contributed by atoms with van der Waals surface area (Å²) in [7, 11) is 0. The zero-order valence-corrected chi connectivity index (χ0v) is 11.1. The Kier molecular flexibility index (Phi) is 5.72. The second-order valence-electron chi connectivity index (χ2n) is 4.10. The Hall–Kier alpha value is -0.800. The van der Waals surface area contributed by atoms with E-state index in [9.17, 15) is 4.39 Å². The Bertz CT molecular complexity index is 371. The molecule has 0 saturated heterocycles. The number of ether oxygens (including phenoxy) is 1. The van der Waals surface area contributed by atoms with Crippen LogP contribution in [0.15, 0.2) is 12.1 Å². The second-order valence-corrected chi connectivity index (χ2v) is 4.50. The van der Waals surface area contributed by atoms with E-state index < -0.39 is 0 Å². The van der Waals surface area contributed by atoms with Gasteiger partial charge in [0.05, 0.1) is 11.6 Å². The van der Waals surface area contributed by atoms with Gasteiger partial charge in [-0.15, -0.1) is 0 Å². The first-order chi connectivity index (χ1) is 8.08. The Morgan fingerprint density at radius 1 is 1.41 bits per heavy atom. The lowest BCUT2D eigenvalue weighted by atomic mass is 10.0. The largest absolute Gasteiger partial charge is 0.492 e. The normalized spacial score (nSPS) is 12.5. The molecule has 2 nitrogen and oxygen atoms in total. The van der Waals surface area contributed by atoms with Crippen molar-refractivity contribution in [3.05, 3.63) is 28.5 Å². The topological polar surface area (TPSA) is 35.2 Å². The van der Waals surface area contributed by atoms with E-state index in [0.29, 0.717) is 23.8 Å². The second kappa shape index (κ2) is 6.82. The van der Waals surface area contributed by atoms with E-state index in [4.69, 9.17) is 22.1 Å². The fourth-order valence-electron chi connectivity index (χ4n) is 1.56. The fraction of sp³-hybridized carbons (Fsp3) is 0.538. The summed E-state index contributed by atoms with van der Waals surface area (Å²) in [5, 5.41) is 0.316. The minimum Gasteiger partial charge on any atom is -0.492 e. The van der Waals surface area contributed by atoms with Crippen molar-refractivity contribution < 1.29 is 9.13 Å². The molecule has 0 spiro atoms. The highest BCUT2D eigenvalue weighted by Crippen LogP contribution is 2.31. The number of hydrogen-bond donors (Lipinski definition) is 1. The highest BCUT2D eigenvalue weighted by molar-refractivity contribution is 6.32. The molecule has 0 fully saturated rings. The van der Waals surface area contributed by atoms with Crippen LogP contribution in [0.3, 0.4) is 0 Å². The summed E-state index contributed by atoms with van der Waals surface area (Å²) < 4.78 is 18.9. The van der Waals surface area contributed by atoms with Crippen LogP contribution in [0.2, 0.25) is 5.02 Å². The van der Waals surface area contributed by atoms with Crippen molar-refractivity contribution in [3.8, 4) is 5.75 Å². The van der Waals surface area contributed by atoms with E-state index >= 15 is 0 Å². The van der Waals surface area contributed by atoms with Gasteiger partial charge in [-0.3, -0.25) is 0 Å². The van der Waals surface area contributed by atoms with E-state index in [1.54, 1.807) is 0 Å². The first kappa shape index (κ1) is 14.3. The van der Waals surface area contributed by atoms with Crippen LogP contribution in [-0.4, -0.2) is 12.6 Å². The van der Waals surface area contributed by atoms with Crippen molar-refractivity contribution in [2.45, 2.75) is 39.2 Å². The lowest BCUT2D eigenvalue weighted by Crippen LogP contribution is -2.22. The van der Waals surface area contributed by atoms with Crippen LogP contribution >= 0.6 is 11.6 Å². The molecule has 0 aliphatic rings. The number of rotatable bonds is 6. The molecule has 1 rings (SSSR count). The predicted molar refractivity (Wildman–Crippen MR) is 69.2 cm³/mol. The van der Waals surface area contributed by atoms with E-state index in [1.165, 1.54) is 12.1 Å². The van der Waals surface area contributed by atoms with Gasteiger partial charge in [0, 0.05) is 11.6 Å². The van der Waals surface area contributed by atoms with Crippen molar-refractivity contribution in [1.82, 2.24) is 0 Å². The maximum absolute atomic E-state index is 13.3. The molecular weight excluding hydrogens is 241 g/mol. The highest BCUT2D eigenvalue weighted by Gasteiger charge is 2.13. The summed E-state index contributed by atoms with van der Waals surface area (Å²) in [4.78, 5) is 0. The minimum absolute atomic E-state index is 0.00292. The van der Waals surface area contributed by atoms with Crippen LogP contribution in [-0.2, 0) is 6.42 Å². The molecule has 0 radical (unpaired) electrons. The zero-order chi connectivity index (χ0) is 12.8. The van der Waals surface area contributed by atoms with Crippen LogP contribution in [0.5, 0.6) is 5.75 Å². The molecule has 0 aliphatic heterocycles. The quantitative estimate of drug-likeness (QED) is 0.848. The molecule has 0 amide bonds. The first-order valence-electron chi connectivity index (χ1n) is 5.94. The van der Waals surface area contributed by atoms with Crippen LogP contribution in [0.4, 0.5) is 4.39 Å². The number of hydrogen-bond acceptors (Lipinski definition) is 2. The summed E-state index contributed by atoms with van der Waals surface area (Å²) in [6, 6.07) is 2.72. The number of benzene rings is 1. The maximum atomic E-state index is 13.3. The molecule has 4 heteroatoms. The average molecular weight is 260 g/mol. The summed E-state index contributed by atoms with van der Waals surface area (Å²) in [6.07, 6.45) is 2.29. The van der Waals surface area contributed by atoms with E-state index in [2.05, 4.69) is 0 Å². The van der Waals surface area contributed by atoms with Gasteiger partial charge in [0.15, 0.2) is 0 Å². The Morgan fingerprint density at radius 2 is 2.12 bits per heavy atom. The van der Waals surface area contributed by atoms with Gasteiger partial charge in [-0.25, -0.2) is 4.39 Å². The van der Waals surface area contributed by atoms with Crippen molar-refractivity contribution in [2.24, 2.45) is 5.73 Å². The lowest BCUT2D eigenvalue weighted by Gasteiger charge is -2.15. The third kappa shape index (κ3) is 4.17. The molecule has 1 atom stereocenters. The van der Waals surface area contributed by atoms with E-state index in [-0.39, 0.29) is 11.9 Å². The summed E-state index contributed by atoms with van der Waals surface area (Å²) in [5.74, 6) is 0.218. The van der Waals surface area contributed by atoms with Gasteiger partial charge in [0.2, 0.25) is 0 Å². The molecule has 0 aliphatic carbocycles. The van der Waals surface area contributed by atoms with Crippen molar-refractivity contribution in [1.29, 1.82) is 0 Å². The molecule has 1 aromatic rings. The summed E-state index contributed by atoms with van der Waals surface area (Å²) in [5.41, 5.74) is 6.63. The molecule has 2 N–H and O–H groups in total. The lowest BCUT2D eigenvalue weighted by molar-refractivity contribution is 0.313. The zero-order valence-electron chi connectivity index (χ0n) is 10.3. The Labute approximate surface area is 107 Å². The van der Waals surface area contributed by atoms with Crippen LogP contribution in [0, 0.1) is 5.82 Å².